The maximum atomic E-state index is 4.68. The Hall–Kier alpha value is -0.450. The molecule has 1 fully saturated rings. The van der Waals surface area contributed by atoms with E-state index in [1.165, 1.54) is 60.9 Å². The molecule has 1 aliphatic heterocycles. The number of rotatable bonds is 6. The zero-order chi connectivity index (χ0) is 13.7. The molecule has 108 valence electrons. The lowest BCUT2D eigenvalue weighted by Gasteiger charge is -2.30. The van der Waals surface area contributed by atoms with E-state index in [-0.39, 0.29) is 0 Å². The van der Waals surface area contributed by atoms with E-state index < -0.39 is 0 Å². The third-order valence-corrected chi connectivity index (χ3v) is 4.92. The van der Waals surface area contributed by atoms with Crippen molar-refractivity contribution in [2.24, 2.45) is 0 Å². The molecule has 19 heavy (non-hydrogen) atoms. The van der Waals surface area contributed by atoms with Gasteiger partial charge in [-0.15, -0.1) is 11.3 Å². The summed E-state index contributed by atoms with van der Waals surface area (Å²) in [6.07, 6.45) is 5.27. The zero-order valence-electron chi connectivity index (χ0n) is 12.5. The summed E-state index contributed by atoms with van der Waals surface area (Å²) in [4.78, 5) is 8.62. The molecule has 1 aromatic heterocycles. The van der Waals surface area contributed by atoms with Crippen molar-refractivity contribution in [2.45, 2.75) is 59.0 Å². The van der Waals surface area contributed by atoms with Crippen molar-refractivity contribution >= 4 is 11.3 Å². The lowest BCUT2D eigenvalue weighted by atomic mass is 10.0. The molecule has 0 saturated carbocycles. The van der Waals surface area contributed by atoms with Crippen LogP contribution in [-0.2, 0) is 6.54 Å². The highest BCUT2D eigenvalue weighted by atomic mass is 32.1. The monoisotopic (exact) mass is 281 g/mol. The molecule has 0 spiro atoms. The van der Waals surface area contributed by atoms with Crippen molar-refractivity contribution < 1.29 is 0 Å². The molecule has 1 unspecified atom stereocenters. The van der Waals surface area contributed by atoms with Crippen LogP contribution in [0.5, 0.6) is 0 Å². The average molecular weight is 281 g/mol. The van der Waals surface area contributed by atoms with Crippen LogP contribution in [-0.4, -0.2) is 35.6 Å². The third-order valence-electron chi connectivity index (χ3n) is 3.86. The Morgan fingerprint density at radius 2 is 2.21 bits per heavy atom. The van der Waals surface area contributed by atoms with Gasteiger partial charge in [0.1, 0.15) is 5.01 Å². The van der Waals surface area contributed by atoms with Crippen molar-refractivity contribution in [3.8, 4) is 0 Å². The first-order valence-electron chi connectivity index (χ1n) is 7.57. The molecule has 1 aliphatic rings. The van der Waals surface area contributed by atoms with E-state index >= 15 is 0 Å². The number of hydrogen-bond acceptors (Lipinski definition) is 4. The van der Waals surface area contributed by atoms with Crippen molar-refractivity contribution in [3.63, 3.8) is 0 Å². The summed E-state index contributed by atoms with van der Waals surface area (Å²) in [5.41, 5.74) is 1.20. The zero-order valence-corrected chi connectivity index (χ0v) is 13.4. The van der Waals surface area contributed by atoms with Crippen molar-refractivity contribution in [3.05, 3.63) is 15.6 Å². The van der Waals surface area contributed by atoms with Crippen LogP contribution in [0.4, 0.5) is 0 Å². The van der Waals surface area contributed by atoms with Crippen LogP contribution in [0, 0.1) is 13.8 Å². The molecule has 1 saturated heterocycles. The number of hydrogen-bond donors (Lipinski definition) is 1. The maximum Gasteiger partial charge on any atom is 0.107 e. The molecule has 0 aromatic carbocycles. The molecular formula is C15H27N3S. The number of thiazole rings is 1. The standard InChI is InChI=1S/C15H27N3S/c1-4-9-18(10-14-7-5-6-8-16-14)11-15-17-12(2)13(3)19-15/h14,16H,4-11H2,1-3H3. The maximum absolute atomic E-state index is 4.68. The number of piperidine rings is 1. The molecule has 0 radical (unpaired) electrons. The van der Waals surface area contributed by atoms with Gasteiger partial charge in [0.25, 0.3) is 0 Å². The average Bonchev–Trinajstić information content (AvgIpc) is 2.70. The van der Waals surface area contributed by atoms with Crippen LogP contribution in [0.2, 0.25) is 0 Å². The van der Waals surface area contributed by atoms with Gasteiger partial charge in [0.2, 0.25) is 0 Å². The van der Waals surface area contributed by atoms with Crippen molar-refractivity contribution in [1.29, 1.82) is 0 Å². The fraction of sp³-hybridized carbons (Fsp3) is 0.800. The van der Waals surface area contributed by atoms with Gasteiger partial charge in [-0.25, -0.2) is 4.98 Å². The number of nitrogens with zero attached hydrogens (tertiary/aromatic N) is 2. The van der Waals surface area contributed by atoms with Gasteiger partial charge in [-0.2, -0.15) is 0 Å². The Balaban J connectivity index is 1.91. The predicted molar refractivity (Wildman–Crippen MR) is 82.8 cm³/mol. The van der Waals surface area contributed by atoms with E-state index in [1.54, 1.807) is 0 Å². The second-order valence-corrected chi connectivity index (χ2v) is 6.92. The Morgan fingerprint density at radius 3 is 2.79 bits per heavy atom. The van der Waals surface area contributed by atoms with Crippen LogP contribution in [0.3, 0.4) is 0 Å². The van der Waals surface area contributed by atoms with Crippen molar-refractivity contribution in [2.75, 3.05) is 19.6 Å². The van der Waals surface area contributed by atoms with Gasteiger partial charge in [-0.3, -0.25) is 4.90 Å². The number of aromatic nitrogens is 1. The lowest BCUT2D eigenvalue weighted by Crippen LogP contribution is -2.43. The Bertz CT molecular complexity index is 363. The molecule has 2 rings (SSSR count). The van der Waals surface area contributed by atoms with Gasteiger partial charge in [0.15, 0.2) is 0 Å². The number of nitrogens with one attached hydrogen (secondary N) is 1. The summed E-state index contributed by atoms with van der Waals surface area (Å²) in [7, 11) is 0. The Kier molecular flexibility index (Phi) is 5.79. The van der Waals surface area contributed by atoms with Gasteiger partial charge in [0, 0.05) is 17.5 Å². The van der Waals surface area contributed by atoms with Crippen LogP contribution < -0.4 is 5.32 Å². The number of aryl methyl sites for hydroxylation is 2. The Labute approximate surface area is 121 Å². The molecule has 1 N–H and O–H groups in total. The summed E-state index contributed by atoms with van der Waals surface area (Å²) in [5.74, 6) is 0. The molecule has 0 bridgehead atoms. The van der Waals surface area contributed by atoms with Gasteiger partial charge in [-0.1, -0.05) is 13.3 Å². The minimum atomic E-state index is 0.683. The summed E-state index contributed by atoms with van der Waals surface area (Å²) in [6, 6.07) is 0.683. The van der Waals surface area contributed by atoms with Crippen LogP contribution in [0.25, 0.3) is 0 Å². The van der Waals surface area contributed by atoms with Crippen molar-refractivity contribution in [1.82, 2.24) is 15.2 Å². The molecule has 0 amide bonds. The molecule has 4 heteroatoms. The first-order valence-corrected chi connectivity index (χ1v) is 8.39. The van der Waals surface area contributed by atoms with Crippen LogP contribution in [0.15, 0.2) is 0 Å². The highest BCUT2D eigenvalue weighted by molar-refractivity contribution is 7.11. The first kappa shape index (κ1) is 14.9. The van der Waals surface area contributed by atoms with Crippen LogP contribution in [0.1, 0.15) is 48.2 Å². The van der Waals surface area contributed by atoms with E-state index in [0.29, 0.717) is 6.04 Å². The molecule has 1 aromatic rings. The predicted octanol–water partition coefficient (Wildman–Crippen LogP) is 3.11. The van der Waals surface area contributed by atoms with Gasteiger partial charge < -0.3 is 5.32 Å². The quantitative estimate of drug-likeness (QED) is 0.868. The highest BCUT2D eigenvalue weighted by Gasteiger charge is 2.17. The fourth-order valence-corrected chi connectivity index (χ4v) is 3.72. The van der Waals surface area contributed by atoms with E-state index in [4.69, 9.17) is 0 Å². The molecule has 3 nitrogen and oxygen atoms in total. The van der Waals surface area contributed by atoms with Gasteiger partial charge >= 0.3 is 0 Å². The van der Waals surface area contributed by atoms with E-state index in [1.807, 2.05) is 11.3 Å². The fourth-order valence-electron chi connectivity index (χ4n) is 2.74. The SMILES string of the molecule is CCCN(Cc1nc(C)c(C)s1)CC1CCCCN1. The van der Waals surface area contributed by atoms with E-state index in [9.17, 15) is 0 Å². The second-order valence-electron chi connectivity index (χ2n) is 5.63. The van der Waals surface area contributed by atoms with E-state index in [0.717, 1.165) is 6.54 Å². The Morgan fingerprint density at radius 1 is 1.37 bits per heavy atom. The van der Waals surface area contributed by atoms with Gasteiger partial charge in [-0.05, 0) is 46.2 Å². The normalized spacial score (nSPS) is 20.1. The highest BCUT2D eigenvalue weighted by Crippen LogP contribution is 2.19. The van der Waals surface area contributed by atoms with Gasteiger partial charge in [0.05, 0.1) is 12.2 Å². The third kappa shape index (κ3) is 4.55. The largest absolute Gasteiger partial charge is 0.313 e. The summed E-state index contributed by atoms with van der Waals surface area (Å²) >= 11 is 1.86. The van der Waals surface area contributed by atoms with E-state index in [2.05, 4.69) is 36.0 Å². The minimum Gasteiger partial charge on any atom is -0.313 e. The summed E-state index contributed by atoms with van der Waals surface area (Å²) in [5, 5.41) is 4.93. The van der Waals surface area contributed by atoms with Crippen LogP contribution >= 0.6 is 11.3 Å². The molecule has 2 heterocycles. The topological polar surface area (TPSA) is 28.2 Å². The molecule has 1 atom stereocenters. The lowest BCUT2D eigenvalue weighted by molar-refractivity contribution is 0.217. The second kappa shape index (κ2) is 7.36. The summed E-state index contributed by atoms with van der Waals surface area (Å²) < 4.78 is 0. The smallest absolute Gasteiger partial charge is 0.107 e. The summed E-state index contributed by atoms with van der Waals surface area (Å²) in [6.45, 7) is 11.1. The first-order chi connectivity index (χ1) is 9.19. The molecular weight excluding hydrogens is 254 g/mol. The molecule has 0 aliphatic carbocycles. The minimum absolute atomic E-state index is 0.683.